The van der Waals surface area contributed by atoms with Gasteiger partial charge < -0.3 is 21.5 Å². The first-order chi connectivity index (χ1) is 16.0. The summed E-state index contributed by atoms with van der Waals surface area (Å²) in [6, 6.07) is 10.4. The fraction of sp³-hybridized carbons (Fsp3) is 0.320. The molecule has 170 valence electrons. The molecule has 0 bridgehead atoms. The van der Waals surface area contributed by atoms with Crippen molar-refractivity contribution in [3.63, 3.8) is 0 Å². The lowest BCUT2D eigenvalue weighted by Gasteiger charge is -2.42. The number of nitrogens with two attached hydrogens (primary N) is 2. The quantitative estimate of drug-likeness (QED) is 0.542. The number of rotatable bonds is 4. The predicted molar refractivity (Wildman–Crippen MR) is 131 cm³/mol. The minimum Gasteiger partial charge on any atom is -0.390 e. The van der Waals surface area contributed by atoms with Crippen molar-refractivity contribution in [3.8, 4) is 0 Å². The van der Waals surface area contributed by atoms with Crippen LogP contribution in [-0.4, -0.2) is 33.1 Å². The Kier molecular flexibility index (Phi) is 5.78. The maximum absolute atomic E-state index is 9.99. The van der Waals surface area contributed by atoms with Crippen molar-refractivity contribution in [2.45, 2.75) is 31.9 Å². The third-order valence-corrected chi connectivity index (χ3v) is 7.43. The average molecular weight is 463 g/mol. The summed E-state index contributed by atoms with van der Waals surface area (Å²) >= 11 is 6.21. The Labute approximate surface area is 198 Å². The Morgan fingerprint density at radius 3 is 2.70 bits per heavy atom. The van der Waals surface area contributed by atoms with Crippen molar-refractivity contribution in [2.24, 2.45) is 11.1 Å². The zero-order chi connectivity index (χ0) is 23.0. The standard InChI is InChI=1S/C25H27ClN6O/c26-21-16(7-10-29-23(21)28)5-6-18-14-30-24(20(15-33)31-18)32-11-8-25(9-12-32)13-17-3-1-2-4-19(17)22(25)27/h1-7,10,14,22,33H,8-9,11-13,15,27H2,(H2,28,29). The van der Waals surface area contributed by atoms with Crippen LogP contribution in [0.15, 0.2) is 42.7 Å². The number of hydrogen-bond donors (Lipinski definition) is 3. The molecule has 1 atom stereocenters. The van der Waals surface area contributed by atoms with E-state index in [4.69, 9.17) is 23.1 Å². The number of anilines is 2. The van der Waals surface area contributed by atoms with Crippen molar-refractivity contribution in [3.05, 3.63) is 75.8 Å². The molecule has 0 saturated carbocycles. The molecule has 1 spiro atoms. The molecule has 2 aliphatic rings. The van der Waals surface area contributed by atoms with Gasteiger partial charge in [0.1, 0.15) is 11.5 Å². The van der Waals surface area contributed by atoms with Crippen LogP contribution in [0.1, 0.15) is 47.0 Å². The molecule has 5 rings (SSSR count). The van der Waals surface area contributed by atoms with E-state index in [1.807, 2.05) is 6.08 Å². The Bertz CT molecular complexity index is 1210. The zero-order valence-corrected chi connectivity index (χ0v) is 19.0. The van der Waals surface area contributed by atoms with Crippen molar-refractivity contribution in [1.29, 1.82) is 0 Å². The third-order valence-electron chi connectivity index (χ3n) is 7.02. The summed E-state index contributed by atoms with van der Waals surface area (Å²) in [6.45, 7) is 1.49. The molecule has 1 fully saturated rings. The van der Waals surface area contributed by atoms with Gasteiger partial charge in [-0.25, -0.2) is 15.0 Å². The molecule has 0 radical (unpaired) electrons. The smallest absolute Gasteiger partial charge is 0.152 e. The van der Waals surface area contributed by atoms with Gasteiger partial charge >= 0.3 is 0 Å². The third kappa shape index (κ3) is 3.97. The molecule has 5 N–H and O–H groups in total. The Hall–Kier alpha value is -3.00. The molecular formula is C25H27ClN6O. The van der Waals surface area contributed by atoms with Gasteiger partial charge in [-0.3, -0.25) is 0 Å². The number of fused-ring (bicyclic) bond motifs is 1. The normalized spacial score (nSPS) is 19.4. The Morgan fingerprint density at radius 2 is 1.94 bits per heavy atom. The number of nitrogens with zero attached hydrogens (tertiary/aromatic N) is 4. The van der Waals surface area contributed by atoms with E-state index in [1.165, 1.54) is 11.1 Å². The van der Waals surface area contributed by atoms with Gasteiger partial charge in [0.15, 0.2) is 5.82 Å². The number of piperidine rings is 1. The van der Waals surface area contributed by atoms with Crippen molar-refractivity contribution < 1.29 is 5.11 Å². The average Bonchev–Trinajstić information content (AvgIpc) is 3.11. The van der Waals surface area contributed by atoms with Crippen LogP contribution in [0.25, 0.3) is 12.2 Å². The van der Waals surface area contributed by atoms with Gasteiger partial charge in [0.2, 0.25) is 0 Å². The van der Waals surface area contributed by atoms with Gasteiger partial charge in [0, 0.05) is 25.3 Å². The summed E-state index contributed by atoms with van der Waals surface area (Å²) in [5.74, 6) is 1.02. The highest BCUT2D eigenvalue weighted by Gasteiger charge is 2.46. The lowest BCUT2D eigenvalue weighted by atomic mass is 9.73. The van der Waals surface area contributed by atoms with Gasteiger partial charge in [-0.05, 0) is 53.5 Å². The van der Waals surface area contributed by atoms with E-state index < -0.39 is 0 Å². The van der Waals surface area contributed by atoms with Crippen LogP contribution in [0.2, 0.25) is 5.02 Å². The van der Waals surface area contributed by atoms with Crippen LogP contribution in [0.3, 0.4) is 0 Å². The van der Waals surface area contributed by atoms with Crippen molar-refractivity contribution in [1.82, 2.24) is 15.0 Å². The predicted octanol–water partition coefficient (Wildman–Crippen LogP) is 3.61. The molecule has 1 unspecified atom stereocenters. The first-order valence-corrected chi connectivity index (χ1v) is 11.5. The summed E-state index contributed by atoms with van der Waals surface area (Å²) in [4.78, 5) is 15.4. The second-order valence-corrected chi connectivity index (χ2v) is 9.24. The Morgan fingerprint density at radius 1 is 1.15 bits per heavy atom. The van der Waals surface area contributed by atoms with Gasteiger partial charge in [-0.15, -0.1) is 0 Å². The van der Waals surface area contributed by atoms with Crippen molar-refractivity contribution in [2.75, 3.05) is 23.7 Å². The van der Waals surface area contributed by atoms with Gasteiger partial charge in [-0.1, -0.05) is 41.9 Å². The summed E-state index contributed by atoms with van der Waals surface area (Å²) in [5, 5.41) is 10.4. The van der Waals surface area contributed by atoms with Crippen LogP contribution in [0, 0.1) is 5.41 Å². The fourth-order valence-electron chi connectivity index (χ4n) is 5.14. The Balaban J connectivity index is 1.32. The highest BCUT2D eigenvalue weighted by molar-refractivity contribution is 6.34. The molecule has 7 nitrogen and oxygen atoms in total. The maximum atomic E-state index is 9.99. The maximum Gasteiger partial charge on any atom is 0.152 e. The van der Waals surface area contributed by atoms with E-state index in [0.29, 0.717) is 16.4 Å². The minimum atomic E-state index is -0.181. The van der Waals surface area contributed by atoms with E-state index in [-0.39, 0.29) is 23.9 Å². The number of pyridine rings is 1. The molecule has 0 amide bonds. The summed E-state index contributed by atoms with van der Waals surface area (Å²) in [5.41, 5.74) is 17.2. The molecule has 1 aliphatic heterocycles. The summed E-state index contributed by atoms with van der Waals surface area (Å²) in [6.07, 6.45) is 9.93. The number of aliphatic hydroxyl groups is 1. The molecule has 1 aliphatic carbocycles. The second-order valence-electron chi connectivity index (χ2n) is 8.86. The number of halogens is 1. The highest BCUT2D eigenvalue weighted by Crippen LogP contribution is 2.51. The monoisotopic (exact) mass is 462 g/mol. The van der Waals surface area contributed by atoms with E-state index in [2.05, 4.69) is 44.1 Å². The molecule has 1 aromatic carbocycles. The minimum absolute atomic E-state index is 0.0702. The van der Waals surface area contributed by atoms with E-state index >= 15 is 0 Å². The number of aliphatic hydroxyl groups excluding tert-OH is 1. The van der Waals surface area contributed by atoms with Crippen molar-refractivity contribution >= 4 is 35.4 Å². The van der Waals surface area contributed by atoms with Crippen LogP contribution < -0.4 is 16.4 Å². The zero-order valence-electron chi connectivity index (χ0n) is 18.3. The van der Waals surface area contributed by atoms with Crippen LogP contribution >= 0.6 is 11.6 Å². The van der Waals surface area contributed by atoms with E-state index in [9.17, 15) is 5.11 Å². The van der Waals surface area contributed by atoms with Crippen LogP contribution in [0.5, 0.6) is 0 Å². The molecule has 3 heterocycles. The fourth-order valence-corrected chi connectivity index (χ4v) is 5.31. The molecule has 33 heavy (non-hydrogen) atoms. The van der Waals surface area contributed by atoms with E-state index in [0.717, 1.165) is 43.7 Å². The first-order valence-electron chi connectivity index (χ1n) is 11.1. The topological polar surface area (TPSA) is 114 Å². The molecule has 3 aromatic rings. The summed E-state index contributed by atoms with van der Waals surface area (Å²) in [7, 11) is 0. The summed E-state index contributed by atoms with van der Waals surface area (Å²) < 4.78 is 0. The second kappa shape index (κ2) is 8.74. The van der Waals surface area contributed by atoms with Gasteiger partial charge in [-0.2, -0.15) is 0 Å². The number of nitrogen functional groups attached to an aromatic ring is 1. The number of aromatic nitrogens is 3. The molecule has 8 heteroatoms. The lowest BCUT2D eigenvalue weighted by molar-refractivity contribution is 0.186. The molecule has 2 aromatic heterocycles. The molecule has 1 saturated heterocycles. The van der Waals surface area contributed by atoms with Gasteiger partial charge in [0.05, 0.1) is 23.5 Å². The van der Waals surface area contributed by atoms with Gasteiger partial charge in [0.25, 0.3) is 0 Å². The first kappa shape index (κ1) is 21.8. The highest BCUT2D eigenvalue weighted by atomic mass is 35.5. The van der Waals surface area contributed by atoms with E-state index in [1.54, 1.807) is 24.5 Å². The van der Waals surface area contributed by atoms with Crippen LogP contribution in [0.4, 0.5) is 11.6 Å². The SMILES string of the molecule is Nc1nccc(C=Cc2cnc(N3CCC4(CC3)Cc3ccccc3C4N)c(CO)n2)c1Cl. The number of benzene rings is 1. The van der Waals surface area contributed by atoms with Crippen LogP contribution in [-0.2, 0) is 13.0 Å². The molecular weight excluding hydrogens is 436 g/mol. The lowest BCUT2D eigenvalue weighted by Crippen LogP contribution is -2.45. The largest absolute Gasteiger partial charge is 0.390 e. The number of hydrogen-bond acceptors (Lipinski definition) is 7.